The van der Waals surface area contributed by atoms with Crippen LogP contribution in [0.5, 0.6) is 0 Å². The van der Waals surface area contributed by atoms with Crippen molar-refractivity contribution in [3.05, 3.63) is 17.0 Å². The summed E-state index contributed by atoms with van der Waals surface area (Å²) < 4.78 is 1.84. The molecule has 0 aliphatic rings. The molecular formula is C15H27N3O2. The van der Waals surface area contributed by atoms with Gasteiger partial charge in [-0.2, -0.15) is 5.10 Å². The highest BCUT2D eigenvalue weighted by molar-refractivity contribution is 5.76. The third kappa shape index (κ3) is 4.34. The SMILES string of the molecule is CCC(C)C(O)CNC(=O)CCc1c(C)nn(C)c1C. The average Bonchev–Trinajstić information content (AvgIpc) is 2.66. The molecule has 5 heteroatoms. The van der Waals surface area contributed by atoms with Gasteiger partial charge in [0, 0.05) is 25.7 Å². The maximum Gasteiger partial charge on any atom is 0.220 e. The summed E-state index contributed by atoms with van der Waals surface area (Å²) in [6.07, 6.45) is 1.56. The Labute approximate surface area is 121 Å². The first-order valence-electron chi connectivity index (χ1n) is 7.30. The minimum atomic E-state index is -0.467. The van der Waals surface area contributed by atoms with Gasteiger partial charge in [0.15, 0.2) is 0 Å². The number of carbonyl (C=O) groups excluding carboxylic acids is 1. The molecular weight excluding hydrogens is 254 g/mol. The van der Waals surface area contributed by atoms with Crippen molar-refractivity contribution in [3.63, 3.8) is 0 Å². The minimum absolute atomic E-state index is 0.0185. The lowest BCUT2D eigenvalue weighted by Gasteiger charge is -2.17. The normalized spacial score (nSPS) is 14.1. The fourth-order valence-electron chi connectivity index (χ4n) is 2.20. The molecule has 114 valence electrons. The van der Waals surface area contributed by atoms with Crippen molar-refractivity contribution in [1.29, 1.82) is 0 Å². The Morgan fingerprint density at radius 1 is 1.45 bits per heavy atom. The van der Waals surface area contributed by atoms with Crippen LogP contribution in [0.3, 0.4) is 0 Å². The van der Waals surface area contributed by atoms with Gasteiger partial charge >= 0.3 is 0 Å². The van der Waals surface area contributed by atoms with Crippen LogP contribution in [0.1, 0.15) is 43.6 Å². The van der Waals surface area contributed by atoms with Crippen molar-refractivity contribution in [3.8, 4) is 0 Å². The van der Waals surface area contributed by atoms with Crippen molar-refractivity contribution < 1.29 is 9.90 Å². The van der Waals surface area contributed by atoms with Crippen LogP contribution >= 0.6 is 0 Å². The van der Waals surface area contributed by atoms with E-state index in [0.29, 0.717) is 19.4 Å². The van der Waals surface area contributed by atoms with E-state index in [9.17, 15) is 9.90 Å². The van der Waals surface area contributed by atoms with Crippen LogP contribution in [-0.4, -0.2) is 33.4 Å². The molecule has 1 heterocycles. The molecule has 0 aromatic carbocycles. The number of nitrogens with one attached hydrogen (secondary N) is 1. The third-order valence-corrected chi connectivity index (χ3v) is 4.07. The summed E-state index contributed by atoms with van der Waals surface area (Å²) in [6, 6.07) is 0. The Bertz CT molecular complexity index is 454. The smallest absolute Gasteiger partial charge is 0.220 e. The Balaban J connectivity index is 2.40. The van der Waals surface area contributed by atoms with Gasteiger partial charge in [-0.1, -0.05) is 20.3 Å². The molecule has 0 radical (unpaired) electrons. The predicted octanol–water partition coefficient (Wildman–Crippen LogP) is 1.49. The molecule has 1 rings (SSSR count). The van der Waals surface area contributed by atoms with Crippen LogP contribution in [-0.2, 0) is 18.3 Å². The van der Waals surface area contributed by atoms with Gasteiger partial charge in [-0.25, -0.2) is 0 Å². The second-order valence-electron chi connectivity index (χ2n) is 5.53. The molecule has 2 unspecified atom stereocenters. The maximum atomic E-state index is 11.8. The largest absolute Gasteiger partial charge is 0.391 e. The zero-order valence-electron chi connectivity index (χ0n) is 13.2. The lowest BCUT2D eigenvalue weighted by atomic mass is 10.0. The molecule has 0 aliphatic carbocycles. The monoisotopic (exact) mass is 281 g/mol. The summed E-state index contributed by atoms with van der Waals surface area (Å²) in [5.41, 5.74) is 3.23. The van der Waals surface area contributed by atoms with Gasteiger partial charge in [0.1, 0.15) is 0 Å². The van der Waals surface area contributed by atoms with Gasteiger partial charge in [0.25, 0.3) is 0 Å². The quantitative estimate of drug-likeness (QED) is 0.796. The maximum absolute atomic E-state index is 11.8. The molecule has 0 fully saturated rings. The van der Waals surface area contributed by atoms with Crippen LogP contribution < -0.4 is 5.32 Å². The van der Waals surface area contributed by atoms with Crippen molar-refractivity contribution in [1.82, 2.24) is 15.1 Å². The highest BCUT2D eigenvalue weighted by Gasteiger charge is 2.14. The van der Waals surface area contributed by atoms with Crippen LogP contribution in [0.25, 0.3) is 0 Å². The number of aliphatic hydroxyl groups is 1. The zero-order chi connectivity index (χ0) is 15.3. The van der Waals surface area contributed by atoms with Gasteiger partial charge in [-0.15, -0.1) is 0 Å². The number of nitrogens with zero attached hydrogens (tertiary/aromatic N) is 2. The number of aromatic nitrogens is 2. The molecule has 0 saturated heterocycles. The van der Waals surface area contributed by atoms with E-state index in [1.165, 1.54) is 0 Å². The molecule has 1 aromatic rings. The fraction of sp³-hybridized carbons (Fsp3) is 0.733. The van der Waals surface area contributed by atoms with Gasteiger partial charge in [0.05, 0.1) is 11.8 Å². The highest BCUT2D eigenvalue weighted by atomic mass is 16.3. The van der Waals surface area contributed by atoms with E-state index in [1.54, 1.807) is 0 Å². The Morgan fingerprint density at radius 2 is 2.10 bits per heavy atom. The predicted molar refractivity (Wildman–Crippen MR) is 79.5 cm³/mol. The molecule has 2 atom stereocenters. The van der Waals surface area contributed by atoms with Crippen molar-refractivity contribution in [2.45, 2.75) is 53.1 Å². The Kier molecular flexibility index (Phi) is 6.20. The first kappa shape index (κ1) is 16.7. The molecule has 20 heavy (non-hydrogen) atoms. The summed E-state index contributed by atoms with van der Waals surface area (Å²) in [7, 11) is 1.91. The summed E-state index contributed by atoms with van der Waals surface area (Å²) in [4.78, 5) is 11.8. The molecule has 2 N–H and O–H groups in total. The topological polar surface area (TPSA) is 67.2 Å². The molecule has 0 saturated carbocycles. The number of aliphatic hydroxyl groups excluding tert-OH is 1. The van der Waals surface area contributed by atoms with E-state index in [0.717, 1.165) is 23.4 Å². The van der Waals surface area contributed by atoms with Gasteiger partial charge < -0.3 is 10.4 Å². The molecule has 0 aliphatic heterocycles. The minimum Gasteiger partial charge on any atom is -0.391 e. The van der Waals surface area contributed by atoms with Gasteiger partial charge in [0.2, 0.25) is 5.91 Å². The summed E-state index contributed by atoms with van der Waals surface area (Å²) >= 11 is 0. The summed E-state index contributed by atoms with van der Waals surface area (Å²) in [5, 5.41) is 17.0. The van der Waals surface area contributed by atoms with Crippen LogP contribution in [0.2, 0.25) is 0 Å². The molecule has 1 aromatic heterocycles. The lowest BCUT2D eigenvalue weighted by Crippen LogP contribution is -2.35. The standard InChI is InChI=1S/C15H27N3O2/c1-6-10(2)14(19)9-16-15(20)8-7-13-11(3)17-18(5)12(13)4/h10,14,19H,6-9H2,1-5H3,(H,16,20). The van der Waals surface area contributed by atoms with Gasteiger partial charge in [-0.05, 0) is 31.7 Å². The second kappa shape index (κ2) is 7.43. The first-order chi connectivity index (χ1) is 9.36. The highest BCUT2D eigenvalue weighted by Crippen LogP contribution is 2.14. The second-order valence-corrected chi connectivity index (χ2v) is 5.53. The number of rotatable bonds is 7. The zero-order valence-corrected chi connectivity index (χ0v) is 13.2. The molecule has 0 spiro atoms. The fourth-order valence-corrected chi connectivity index (χ4v) is 2.20. The van der Waals surface area contributed by atoms with E-state index in [-0.39, 0.29) is 11.8 Å². The van der Waals surface area contributed by atoms with Crippen LogP contribution in [0.4, 0.5) is 0 Å². The van der Waals surface area contributed by atoms with E-state index in [4.69, 9.17) is 0 Å². The summed E-state index contributed by atoms with van der Waals surface area (Å²) in [6.45, 7) is 8.33. The van der Waals surface area contributed by atoms with Crippen LogP contribution in [0, 0.1) is 19.8 Å². The van der Waals surface area contributed by atoms with E-state index in [2.05, 4.69) is 10.4 Å². The van der Waals surface area contributed by atoms with Crippen molar-refractivity contribution >= 4 is 5.91 Å². The van der Waals surface area contributed by atoms with E-state index < -0.39 is 6.10 Å². The number of hydrogen-bond donors (Lipinski definition) is 2. The molecule has 0 bridgehead atoms. The summed E-state index contributed by atoms with van der Waals surface area (Å²) in [5.74, 6) is 0.188. The molecule has 1 amide bonds. The number of aryl methyl sites for hydroxylation is 2. The number of hydrogen-bond acceptors (Lipinski definition) is 3. The van der Waals surface area contributed by atoms with Crippen molar-refractivity contribution in [2.24, 2.45) is 13.0 Å². The van der Waals surface area contributed by atoms with E-state index in [1.807, 2.05) is 39.4 Å². The third-order valence-electron chi connectivity index (χ3n) is 4.07. The first-order valence-corrected chi connectivity index (χ1v) is 7.30. The number of carbonyl (C=O) groups is 1. The van der Waals surface area contributed by atoms with Crippen LogP contribution in [0.15, 0.2) is 0 Å². The lowest BCUT2D eigenvalue weighted by molar-refractivity contribution is -0.121. The average molecular weight is 281 g/mol. The Hall–Kier alpha value is -1.36. The Morgan fingerprint density at radius 3 is 2.60 bits per heavy atom. The molecule has 5 nitrogen and oxygen atoms in total. The van der Waals surface area contributed by atoms with Gasteiger partial charge in [-0.3, -0.25) is 9.48 Å². The van der Waals surface area contributed by atoms with Crippen molar-refractivity contribution in [2.75, 3.05) is 6.54 Å². The number of amides is 1. The van der Waals surface area contributed by atoms with E-state index >= 15 is 0 Å².